The molecule has 0 fully saturated rings. The SMILES string of the molecule is CCCCSC(C)C(=O)Nc1ccccc1N. The van der Waals surface area contributed by atoms with Gasteiger partial charge in [0.25, 0.3) is 0 Å². The molecule has 94 valence electrons. The highest BCUT2D eigenvalue weighted by Gasteiger charge is 2.13. The van der Waals surface area contributed by atoms with Gasteiger partial charge in [0.15, 0.2) is 0 Å². The zero-order valence-corrected chi connectivity index (χ0v) is 11.2. The quantitative estimate of drug-likeness (QED) is 0.604. The Morgan fingerprint density at radius 2 is 2.18 bits per heavy atom. The second-order valence-electron chi connectivity index (χ2n) is 3.94. The predicted molar refractivity (Wildman–Crippen MR) is 76.3 cm³/mol. The van der Waals surface area contributed by atoms with Crippen molar-refractivity contribution in [3.63, 3.8) is 0 Å². The number of unbranched alkanes of at least 4 members (excludes halogenated alkanes) is 1. The molecule has 0 aromatic heterocycles. The molecule has 0 saturated carbocycles. The van der Waals surface area contributed by atoms with Crippen LogP contribution >= 0.6 is 11.8 Å². The number of carbonyl (C=O) groups is 1. The monoisotopic (exact) mass is 252 g/mol. The van der Waals surface area contributed by atoms with Crippen LogP contribution in [0.1, 0.15) is 26.7 Å². The third kappa shape index (κ3) is 4.69. The van der Waals surface area contributed by atoms with Crippen LogP contribution in [0.3, 0.4) is 0 Å². The van der Waals surface area contributed by atoms with Crippen molar-refractivity contribution in [3.05, 3.63) is 24.3 Å². The second-order valence-corrected chi connectivity index (χ2v) is 5.39. The number of anilines is 2. The van der Waals surface area contributed by atoms with E-state index in [2.05, 4.69) is 12.2 Å². The lowest BCUT2D eigenvalue weighted by Gasteiger charge is -2.12. The van der Waals surface area contributed by atoms with E-state index >= 15 is 0 Å². The van der Waals surface area contributed by atoms with Gasteiger partial charge in [-0.15, -0.1) is 11.8 Å². The summed E-state index contributed by atoms with van der Waals surface area (Å²) >= 11 is 1.68. The summed E-state index contributed by atoms with van der Waals surface area (Å²) in [5.41, 5.74) is 7.07. The summed E-state index contributed by atoms with van der Waals surface area (Å²) in [5, 5.41) is 2.81. The Hall–Kier alpha value is -1.16. The van der Waals surface area contributed by atoms with Crippen LogP contribution in [0.2, 0.25) is 0 Å². The lowest BCUT2D eigenvalue weighted by Crippen LogP contribution is -2.23. The van der Waals surface area contributed by atoms with Gasteiger partial charge in [-0.1, -0.05) is 25.5 Å². The molecule has 4 heteroatoms. The number of thioether (sulfide) groups is 1. The Bertz CT molecular complexity index is 368. The second kappa shape index (κ2) is 7.22. The van der Waals surface area contributed by atoms with Crippen molar-refractivity contribution in [1.29, 1.82) is 0 Å². The maximum absolute atomic E-state index is 11.9. The van der Waals surface area contributed by atoms with E-state index in [4.69, 9.17) is 5.73 Å². The minimum atomic E-state index is -0.0406. The van der Waals surface area contributed by atoms with Gasteiger partial charge in [-0.3, -0.25) is 4.79 Å². The standard InChI is InChI=1S/C13H20N2OS/c1-3-4-9-17-10(2)13(16)15-12-8-6-5-7-11(12)14/h5-8,10H,3-4,9,14H2,1-2H3,(H,15,16). The summed E-state index contributed by atoms with van der Waals surface area (Å²) in [6.45, 7) is 4.07. The van der Waals surface area contributed by atoms with Crippen LogP contribution in [0.25, 0.3) is 0 Å². The Kier molecular flexibility index (Phi) is 5.91. The summed E-state index contributed by atoms with van der Waals surface area (Å²) in [4.78, 5) is 11.9. The molecule has 0 saturated heterocycles. The van der Waals surface area contributed by atoms with Crippen LogP contribution in [0.15, 0.2) is 24.3 Å². The first-order valence-corrected chi connectivity index (χ1v) is 6.97. The largest absolute Gasteiger partial charge is 0.397 e. The zero-order valence-electron chi connectivity index (χ0n) is 10.4. The van der Waals surface area contributed by atoms with E-state index in [9.17, 15) is 4.79 Å². The molecule has 0 spiro atoms. The molecule has 3 N–H and O–H groups in total. The summed E-state index contributed by atoms with van der Waals surface area (Å²) in [6, 6.07) is 7.31. The average molecular weight is 252 g/mol. The maximum Gasteiger partial charge on any atom is 0.237 e. The number of carbonyl (C=O) groups excluding carboxylic acids is 1. The first kappa shape index (κ1) is 13.9. The van der Waals surface area contributed by atoms with E-state index in [-0.39, 0.29) is 11.2 Å². The lowest BCUT2D eigenvalue weighted by atomic mass is 10.2. The van der Waals surface area contributed by atoms with Crippen LogP contribution in [0.5, 0.6) is 0 Å². The zero-order chi connectivity index (χ0) is 12.7. The van der Waals surface area contributed by atoms with Gasteiger partial charge in [0.1, 0.15) is 0 Å². The Morgan fingerprint density at radius 1 is 1.47 bits per heavy atom. The number of hydrogen-bond donors (Lipinski definition) is 2. The molecule has 0 aliphatic carbocycles. The van der Waals surface area contributed by atoms with E-state index < -0.39 is 0 Å². The van der Waals surface area contributed by atoms with Crippen molar-refractivity contribution in [2.75, 3.05) is 16.8 Å². The van der Waals surface area contributed by atoms with Crippen LogP contribution in [-0.2, 0) is 4.79 Å². The van der Waals surface area contributed by atoms with E-state index in [1.165, 1.54) is 0 Å². The molecule has 0 aliphatic rings. The molecule has 1 amide bonds. The van der Waals surface area contributed by atoms with Crippen LogP contribution in [0, 0.1) is 0 Å². The molecule has 3 nitrogen and oxygen atoms in total. The molecule has 0 heterocycles. The minimum Gasteiger partial charge on any atom is -0.397 e. The number of hydrogen-bond acceptors (Lipinski definition) is 3. The molecule has 0 radical (unpaired) electrons. The highest BCUT2D eigenvalue weighted by atomic mass is 32.2. The van der Waals surface area contributed by atoms with Gasteiger partial charge < -0.3 is 11.1 Å². The number of nitrogen functional groups attached to an aromatic ring is 1. The first-order valence-electron chi connectivity index (χ1n) is 5.92. The van der Waals surface area contributed by atoms with Crippen LogP contribution < -0.4 is 11.1 Å². The molecule has 1 aromatic rings. The Labute approximate surface area is 107 Å². The van der Waals surface area contributed by atoms with Crippen LogP contribution in [0.4, 0.5) is 11.4 Å². The third-order valence-corrected chi connectivity index (χ3v) is 3.69. The van der Waals surface area contributed by atoms with Crippen molar-refractivity contribution in [3.8, 4) is 0 Å². The molecule has 1 atom stereocenters. The molecule has 17 heavy (non-hydrogen) atoms. The van der Waals surface area contributed by atoms with Gasteiger partial charge in [0.05, 0.1) is 16.6 Å². The van der Waals surface area contributed by atoms with Crippen molar-refractivity contribution < 1.29 is 4.79 Å². The lowest BCUT2D eigenvalue weighted by molar-refractivity contribution is -0.115. The number of benzene rings is 1. The maximum atomic E-state index is 11.9. The molecule has 0 bridgehead atoms. The topological polar surface area (TPSA) is 55.1 Å². The smallest absolute Gasteiger partial charge is 0.237 e. The molecule has 0 aliphatic heterocycles. The normalized spacial score (nSPS) is 12.1. The molecular formula is C13H20N2OS. The number of para-hydroxylation sites is 2. The Balaban J connectivity index is 2.46. The van der Waals surface area contributed by atoms with Crippen molar-refractivity contribution in [1.82, 2.24) is 0 Å². The van der Waals surface area contributed by atoms with Gasteiger partial charge in [0, 0.05) is 0 Å². The van der Waals surface area contributed by atoms with E-state index in [1.54, 1.807) is 17.8 Å². The summed E-state index contributed by atoms with van der Waals surface area (Å²) in [7, 11) is 0. The summed E-state index contributed by atoms with van der Waals surface area (Å²) in [6.07, 6.45) is 2.31. The highest BCUT2D eigenvalue weighted by Crippen LogP contribution is 2.19. The summed E-state index contributed by atoms with van der Waals surface area (Å²) < 4.78 is 0. The highest BCUT2D eigenvalue weighted by molar-refractivity contribution is 8.00. The number of nitrogens with one attached hydrogen (secondary N) is 1. The Morgan fingerprint density at radius 3 is 2.82 bits per heavy atom. The van der Waals surface area contributed by atoms with E-state index in [1.807, 2.05) is 25.1 Å². The molecule has 1 aromatic carbocycles. The number of rotatable bonds is 6. The fourth-order valence-corrected chi connectivity index (χ4v) is 2.34. The third-order valence-electron chi connectivity index (χ3n) is 2.45. The molecular weight excluding hydrogens is 232 g/mol. The van der Waals surface area contributed by atoms with Gasteiger partial charge in [-0.05, 0) is 31.2 Å². The fourth-order valence-electron chi connectivity index (χ4n) is 1.33. The summed E-state index contributed by atoms with van der Waals surface area (Å²) in [5.74, 6) is 1.04. The fraction of sp³-hybridized carbons (Fsp3) is 0.462. The van der Waals surface area contributed by atoms with Crippen molar-refractivity contribution in [2.45, 2.75) is 31.9 Å². The van der Waals surface area contributed by atoms with Gasteiger partial charge in [-0.2, -0.15) is 0 Å². The van der Waals surface area contributed by atoms with Crippen molar-refractivity contribution >= 4 is 29.0 Å². The van der Waals surface area contributed by atoms with Gasteiger partial charge >= 0.3 is 0 Å². The van der Waals surface area contributed by atoms with Gasteiger partial charge in [-0.25, -0.2) is 0 Å². The van der Waals surface area contributed by atoms with Gasteiger partial charge in [0.2, 0.25) is 5.91 Å². The number of nitrogens with two attached hydrogens (primary N) is 1. The first-order chi connectivity index (χ1) is 8.15. The minimum absolute atomic E-state index is 0.0176. The van der Waals surface area contributed by atoms with Crippen molar-refractivity contribution in [2.24, 2.45) is 0 Å². The molecule has 1 rings (SSSR count). The predicted octanol–water partition coefficient (Wildman–Crippen LogP) is 3.13. The average Bonchev–Trinajstić information content (AvgIpc) is 2.32. The van der Waals surface area contributed by atoms with Crippen LogP contribution in [-0.4, -0.2) is 16.9 Å². The van der Waals surface area contributed by atoms with E-state index in [0.29, 0.717) is 11.4 Å². The number of amides is 1. The molecule has 1 unspecified atom stereocenters. The van der Waals surface area contributed by atoms with E-state index in [0.717, 1.165) is 18.6 Å².